The number of anilines is 1. The van der Waals surface area contributed by atoms with E-state index in [-0.39, 0.29) is 18.2 Å². The van der Waals surface area contributed by atoms with Crippen molar-refractivity contribution in [1.29, 1.82) is 0 Å². The molecule has 0 bridgehead atoms. The zero-order valence-electron chi connectivity index (χ0n) is 13.8. The zero-order chi connectivity index (χ0) is 17.5. The molecule has 1 aliphatic heterocycles. The Morgan fingerprint density at radius 2 is 2.04 bits per heavy atom. The van der Waals surface area contributed by atoms with Crippen LogP contribution in [0.4, 0.5) is 5.69 Å². The molecule has 0 aromatic heterocycles. The fourth-order valence-electron chi connectivity index (χ4n) is 1.91. The van der Waals surface area contributed by atoms with Gasteiger partial charge in [-0.25, -0.2) is 0 Å². The van der Waals surface area contributed by atoms with Crippen molar-refractivity contribution in [1.82, 2.24) is 5.32 Å². The van der Waals surface area contributed by atoms with Crippen molar-refractivity contribution in [3.8, 4) is 5.75 Å². The topological polar surface area (TPSA) is 92.2 Å². The maximum absolute atomic E-state index is 12.1. The fraction of sp³-hybridized carbons (Fsp3) is 0.375. The minimum atomic E-state index is -0.501. The molecule has 1 aromatic rings. The number of ether oxygens (including phenoxy) is 1. The van der Waals surface area contributed by atoms with Gasteiger partial charge in [0.05, 0.1) is 6.61 Å². The summed E-state index contributed by atoms with van der Waals surface area (Å²) in [6.45, 7) is 6.12. The van der Waals surface area contributed by atoms with Crippen LogP contribution in [0.15, 0.2) is 34.5 Å². The van der Waals surface area contributed by atoms with Crippen LogP contribution in [-0.2, 0) is 9.59 Å². The highest BCUT2D eigenvalue weighted by Crippen LogP contribution is 2.23. The number of amidine groups is 1. The highest BCUT2D eigenvalue weighted by molar-refractivity contribution is 8.15. The molecule has 2 N–H and O–H groups in total. The van der Waals surface area contributed by atoms with E-state index in [4.69, 9.17) is 4.74 Å². The second kappa shape index (κ2) is 8.49. The maximum Gasteiger partial charge on any atom is 0.240 e. The molecule has 1 heterocycles. The Hall–Kier alpha value is -2.35. The van der Waals surface area contributed by atoms with E-state index in [1.165, 1.54) is 11.8 Å². The minimum Gasteiger partial charge on any atom is -0.494 e. The van der Waals surface area contributed by atoms with Gasteiger partial charge in [-0.15, -0.1) is 5.10 Å². The molecule has 0 radical (unpaired) electrons. The van der Waals surface area contributed by atoms with Crippen LogP contribution in [0, 0.1) is 0 Å². The number of carbonyl (C=O) groups excluding carboxylic acids is 2. The SMILES string of the molecule is CCOc1ccc(NC(=O)C[C@H]2S/C(=N/N=C(C)C)NC2=O)cc1. The van der Waals surface area contributed by atoms with E-state index in [2.05, 4.69) is 20.8 Å². The van der Waals surface area contributed by atoms with Crippen LogP contribution in [0.2, 0.25) is 0 Å². The van der Waals surface area contributed by atoms with Gasteiger partial charge in [0.1, 0.15) is 11.0 Å². The van der Waals surface area contributed by atoms with Crippen LogP contribution < -0.4 is 15.4 Å². The van der Waals surface area contributed by atoms with Gasteiger partial charge in [0.2, 0.25) is 11.8 Å². The van der Waals surface area contributed by atoms with Crippen molar-refractivity contribution < 1.29 is 14.3 Å². The minimum absolute atomic E-state index is 0.0670. The van der Waals surface area contributed by atoms with Crippen molar-refractivity contribution in [2.75, 3.05) is 11.9 Å². The average Bonchev–Trinajstić information content (AvgIpc) is 2.87. The number of rotatable bonds is 6. The maximum atomic E-state index is 12.1. The van der Waals surface area contributed by atoms with Crippen LogP contribution in [0.5, 0.6) is 5.75 Å². The highest BCUT2D eigenvalue weighted by atomic mass is 32.2. The van der Waals surface area contributed by atoms with Crippen LogP contribution >= 0.6 is 11.8 Å². The summed E-state index contributed by atoms with van der Waals surface area (Å²) >= 11 is 1.21. The monoisotopic (exact) mass is 348 g/mol. The second-order valence-electron chi connectivity index (χ2n) is 5.26. The summed E-state index contributed by atoms with van der Waals surface area (Å²) in [5.41, 5.74) is 1.45. The Morgan fingerprint density at radius 3 is 2.67 bits per heavy atom. The summed E-state index contributed by atoms with van der Waals surface area (Å²) < 4.78 is 5.35. The van der Waals surface area contributed by atoms with E-state index in [9.17, 15) is 9.59 Å². The summed E-state index contributed by atoms with van der Waals surface area (Å²) in [6.07, 6.45) is 0.0670. The number of benzene rings is 1. The van der Waals surface area contributed by atoms with Crippen molar-refractivity contribution in [2.45, 2.75) is 32.4 Å². The van der Waals surface area contributed by atoms with E-state index in [0.717, 1.165) is 11.5 Å². The second-order valence-corrected chi connectivity index (χ2v) is 6.45. The molecule has 8 heteroatoms. The normalized spacial score (nSPS) is 18.2. The molecule has 1 aromatic carbocycles. The molecule has 2 amide bonds. The number of nitrogens with zero attached hydrogens (tertiary/aromatic N) is 2. The summed E-state index contributed by atoms with van der Waals surface area (Å²) in [5, 5.41) is 13.1. The Morgan fingerprint density at radius 1 is 1.33 bits per heavy atom. The lowest BCUT2D eigenvalue weighted by molar-refractivity contribution is -0.122. The Bertz CT molecular complexity index is 666. The largest absolute Gasteiger partial charge is 0.494 e. The molecular weight excluding hydrogens is 328 g/mol. The lowest BCUT2D eigenvalue weighted by Gasteiger charge is -2.08. The summed E-state index contributed by atoms with van der Waals surface area (Å²) in [7, 11) is 0. The number of carbonyl (C=O) groups is 2. The average molecular weight is 348 g/mol. The number of amides is 2. The van der Waals surface area contributed by atoms with Gasteiger partial charge in [-0.2, -0.15) is 5.10 Å². The number of thioether (sulfide) groups is 1. The number of nitrogens with one attached hydrogen (secondary N) is 2. The van der Waals surface area contributed by atoms with Crippen molar-refractivity contribution >= 4 is 40.1 Å². The molecule has 2 rings (SSSR count). The van der Waals surface area contributed by atoms with Gasteiger partial charge in [-0.3, -0.25) is 9.59 Å². The molecule has 128 valence electrons. The molecule has 0 aliphatic carbocycles. The number of hydrogen-bond donors (Lipinski definition) is 2. The van der Waals surface area contributed by atoms with Crippen LogP contribution in [0.1, 0.15) is 27.2 Å². The van der Waals surface area contributed by atoms with E-state index in [1.54, 1.807) is 24.3 Å². The molecule has 7 nitrogen and oxygen atoms in total. The van der Waals surface area contributed by atoms with Gasteiger partial charge >= 0.3 is 0 Å². The van der Waals surface area contributed by atoms with Crippen molar-refractivity contribution in [2.24, 2.45) is 10.2 Å². The van der Waals surface area contributed by atoms with Gasteiger partial charge in [0, 0.05) is 17.8 Å². The molecule has 0 spiro atoms. The highest BCUT2D eigenvalue weighted by Gasteiger charge is 2.32. The van der Waals surface area contributed by atoms with Crippen LogP contribution in [0.3, 0.4) is 0 Å². The van der Waals surface area contributed by atoms with Gasteiger partial charge in [-0.05, 0) is 45.0 Å². The van der Waals surface area contributed by atoms with E-state index < -0.39 is 5.25 Å². The van der Waals surface area contributed by atoms with Gasteiger partial charge in [0.25, 0.3) is 0 Å². The Kier molecular flexibility index (Phi) is 6.36. The first-order valence-corrected chi connectivity index (χ1v) is 8.45. The van der Waals surface area contributed by atoms with Gasteiger partial charge < -0.3 is 15.4 Å². The smallest absolute Gasteiger partial charge is 0.240 e. The number of hydrogen-bond acceptors (Lipinski definition) is 6. The molecule has 1 atom stereocenters. The fourth-order valence-corrected chi connectivity index (χ4v) is 2.83. The van der Waals surface area contributed by atoms with E-state index in [1.807, 2.05) is 20.8 Å². The summed E-state index contributed by atoms with van der Waals surface area (Å²) in [5.74, 6) is 0.279. The van der Waals surface area contributed by atoms with Gasteiger partial charge in [-0.1, -0.05) is 11.8 Å². The first-order valence-electron chi connectivity index (χ1n) is 7.57. The molecule has 0 saturated carbocycles. The Labute approximate surface area is 144 Å². The molecular formula is C16H20N4O3S. The Balaban J connectivity index is 1.89. The predicted octanol–water partition coefficient (Wildman–Crippen LogP) is 2.40. The third-order valence-electron chi connectivity index (χ3n) is 2.94. The van der Waals surface area contributed by atoms with Crippen LogP contribution in [-0.4, -0.2) is 34.6 Å². The third-order valence-corrected chi connectivity index (χ3v) is 4.01. The molecule has 1 saturated heterocycles. The zero-order valence-corrected chi connectivity index (χ0v) is 14.6. The van der Waals surface area contributed by atoms with E-state index >= 15 is 0 Å². The molecule has 0 unspecified atom stereocenters. The third kappa shape index (κ3) is 5.38. The molecule has 24 heavy (non-hydrogen) atoms. The first kappa shape index (κ1) is 18.0. The lowest BCUT2D eigenvalue weighted by Crippen LogP contribution is -2.28. The predicted molar refractivity (Wildman–Crippen MR) is 96.6 cm³/mol. The molecule has 1 aliphatic rings. The lowest BCUT2D eigenvalue weighted by atomic mass is 10.2. The molecule has 1 fully saturated rings. The summed E-state index contributed by atoms with van der Waals surface area (Å²) in [4.78, 5) is 24.0. The van der Waals surface area contributed by atoms with Gasteiger partial charge in [0.15, 0.2) is 5.17 Å². The summed E-state index contributed by atoms with van der Waals surface area (Å²) in [6, 6.07) is 7.09. The van der Waals surface area contributed by atoms with Crippen molar-refractivity contribution in [3.05, 3.63) is 24.3 Å². The first-order chi connectivity index (χ1) is 11.5. The standard InChI is InChI=1S/C16H20N4O3S/c1-4-23-12-7-5-11(6-8-12)17-14(21)9-13-15(22)18-16(24-13)20-19-10(2)3/h5-8,13H,4,9H2,1-3H3,(H,17,21)(H,18,20,22)/t13-/m1/s1. The quantitative estimate of drug-likeness (QED) is 0.610. The van der Waals surface area contributed by atoms with E-state index in [0.29, 0.717) is 17.5 Å². The van der Waals surface area contributed by atoms with Crippen molar-refractivity contribution in [3.63, 3.8) is 0 Å². The van der Waals surface area contributed by atoms with Crippen LogP contribution in [0.25, 0.3) is 0 Å².